The van der Waals surface area contributed by atoms with Gasteiger partial charge in [-0.2, -0.15) is 0 Å². The van der Waals surface area contributed by atoms with E-state index in [1.807, 2.05) is 0 Å². The van der Waals surface area contributed by atoms with Crippen LogP contribution in [-0.4, -0.2) is 38.4 Å². The molecule has 0 fully saturated rings. The second-order valence-corrected chi connectivity index (χ2v) is 3.95. The maximum Gasteiger partial charge on any atom is 0.377 e. The summed E-state index contributed by atoms with van der Waals surface area (Å²) in [5.41, 5.74) is 0.646. The van der Waals surface area contributed by atoms with Gasteiger partial charge in [0, 0.05) is 5.56 Å². The smallest absolute Gasteiger partial charge is 0.377 e. The number of methoxy groups -OCH3 is 3. The Morgan fingerprint density at radius 3 is 2.43 bits per heavy atom. The molecule has 0 spiro atoms. The van der Waals surface area contributed by atoms with Crippen LogP contribution in [0.15, 0.2) is 28.8 Å². The summed E-state index contributed by atoms with van der Waals surface area (Å²) < 4.78 is 19.3. The van der Waals surface area contributed by atoms with Gasteiger partial charge < -0.3 is 18.7 Å². The average Bonchev–Trinajstić information content (AvgIpc) is 2.98. The monoisotopic (exact) mass is 291 g/mol. The van der Waals surface area contributed by atoms with Crippen molar-refractivity contribution < 1.29 is 28.3 Å². The Hall–Kier alpha value is -2.83. The molecule has 0 saturated heterocycles. The molecular formula is C14H13NO6. The number of esters is 2. The van der Waals surface area contributed by atoms with Gasteiger partial charge in [-0.15, -0.1) is 0 Å². The highest BCUT2D eigenvalue weighted by molar-refractivity contribution is 6.05. The van der Waals surface area contributed by atoms with E-state index in [0.717, 1.165) is 0 Å². The largest absolute Gasteiger partial charge is 0.497 e. The molecule has 0 atom stereocenters. The van der Waals surface area contributed by atoms with Crippen LogP contribution < -0.4 is 4.74 Å². The lowest BCUT2D eigenvalue weighted by Crippen LogP contribution is -2.10. The molecule has 2 rings (SSSR count). The normalized spacial score (nSPS) is 10.0. The summed E-state index contributed by atoms with van der Waals surface area (Å²) in [5, 5.41) is 3.77. The molecule has 110 valence electrons. The lowest BCUT2D eigenvalue weighted by molar-refractivity contribution is 0.0521. The second kappa shape index (κ2) is 6.08. The first-order valence-corrected chi connectivity index (χ1v) is 5.93. The number of nitrogens with zero attached hydrogens (tertiary/aromatic N) is 1. The van der Waals surface area contributed by atoms with Crippen molar-refractivity contribution in [1.29, 1.82) is 0 Å². The van der Waals surface area contributed by atoms with Crippen LogP contribution in [0.4, 0.5) is 0 Å². The Balaban J connectivity index is 2.60. The van der Waals surface area contributed by atoms with Gasteiger partial charge in [0.15, 0.2) is 0 Å². The van der Waals surface area contributed by atoms with Crippen molar-refractivity contribution in [1.82, 2.24) is 5.16 Å². The van der Waals surface area contributed by atoms with E-state index in [1.165, 1.54) is 21.3 Å². The van der Waals surface area contributed by atoms with Gasteiger partial charge in [-0.05, 0) is 12.1 Å². The average molecular weight is 291 g/mol. The Morgan fingerprint density at radius 1 is 1.10 bits per heavy atom. The lowest BCUT2D eigenvalue weighted by Gasteiger charge is -2.04. The summed E-state index contributed by atoms with van der Waals surface area (Å²) in [5.74, 6) is -1.28. The number of hydrogen-bond acceptors (Lipinski definition) is 7. The fourth-order valence-corrected chi connectivity index (χ4v) is 1.78. The van der Waals surface area contributed by atoms with Gasteiger partial charge in [-0.1, -0.05) is 17.3 Å². The summed E-state index contributed by atoms with van der Waals surface area (Å²) in [4.78, 5) is 23.5. The highest BCUT2D eigenvalue weighted by atomic mass is 16.6. The minimum atomic E-state index is -0.808. The number of benzene rings is 1. The Labute approximate surface area is 120 Å². The number of carbonyl (C=O) groups is 2. The molecule has 0 radical (unpaired) electrons. The zero-order chi connectivity index (χ0) is 15.4. The third kappa shape index (κ3) is 2.71. The van der Waals surface area contributed by atoms with Crippen molar-refractivity contribution in [3.8, 4) is 17.0 Å². The Kier molecular flexibility index (Phi) is 4.22. The van der Waals surface area contributed by atoms with E-state index in [9.17, 15) is 9.59 Å². The molecule has 0 aliphatic heterocycles. The van der Waals surface area contributed by atoms with Crippen LogP contribution in [0.1, 0.15) is 20.9 Å². The molecule has 21 heavy (non-hydrogen) atoms. The standard InChI is InChI=1S/C14H13NO6/c1-18-9-6-4-5-8(7-9)11-10(13(16)19-2)12(21-15-11)14(17)20-3/h4-7H,1-3H3. The molecule has 1 heterocycles. The van der Waals surface area contributed by atoms with Crippen molar-refractivity contribution in [2.45, 2.75) is 0 Å². The van der Waals surface area contributed by atoms with Crippen molar-refractivity contribution in [2.75, 3.05) is 21.3 Å². The fourth-order valence-electron chi connectivity index (χ4n) is 1.78. The summed E-state index contributed by atoms with van der Waals surface area (Å²) in [6, 6.07) is 6.82. The Bertz CT molecular complexity index is 676. The molecular weight excluding hydrogens is 278 g/mol. The predicted molar refractivity (Wildman–Crippen MR) is 71.2 cm³/mol. The van der Waals surface area contributed by atoms with E-state index >= 15 is 0 Å². The fraction of sp³-hybridized carbons (Fsp3) is 0.214. The summed E-state index contributed by atoms with van der Waals surface area (Å²) in [7, 11) is 3.89. The van der Waals surface area contributed by atoms with E-state index < -0.39 is 11.9 Å². The van der Waals surface area contributed by atoms with Gasteiger partial charge in [-0.3, -0.25) is 0 Å². The molecule has 0 amide bonds. The molecule has 0 unspecified atom stereocenters. The van der Waals surface area contributed by atoms with Crippen molar-refractivity contribution in [3.05, 3.63) is 35.6 Å². The maximum absolute atomic E-state index is 11.9. The molecule has 0 bridgehead atoms. The van der Waals surface area contributed by atoms with Crippen molar-refractivity contribution in [3.63, 3.8) is 0 Å². The van der Waals surface area contributed by atoms with Crippen LogP contribution in [0.2, 0.25) is 0 Å². The number of ether oxygens (including phenoxy) is 3. The van der Waals surface area contributed by atoms with Crippen LogP contribution in [0.3, 0.4) is 0 Å². The topological polar surface area (TPSA) is 87.9 Å². The number of carbonyl (C=O) groups excluding carboxylic acids is 2. The third-order valence-electron chi connectivity index (χ3n) is 2.80. The molecule has 0 aliphatic rings. The molecule has 0 aliphatic carbocycles. The van der Waals surface area contributed by atoms with E-state index in [-0.39, 0.29) is 17.0 Å². The van der Waals surface area contributed by atoms with Crippen LogP contribution in [0, 0.1) is 0 Å². The van der Waals surface area contributed by atoms with Crippen LogP contribution in [0.5, 0.6) is 5.75 Å². The first kappa shape index (κ1) is 14.6. The molecule has 1 aromatic heterocycles. The summed E-state index contributed by atoms with van der Waals surface area (Å²) >= 11 is 0. The van der Waals surface area contributed by atoms with Gasteiger partial charge in [0.25, 0.3) is 5.76 Å². The quantitative estimate of drug-likeness (QED) is 0.795. The highest BCUT2D eigenvalue weighted by Crippen LogP contribution is 2.29. The summed E-state index contributed by atoms with van der Waals surface area (Å²) in [6.45, 7) is 0. The molecule has 2 aromatic rings. The third-order valence-corrected chi connectivity index (χ3v) is 2.80. The van der Waals surface area contributed by atoms with E-state index in [1.54, 1.807) is 24.3 Å². The first-order valence-electron chi connectivity index (χ1n) is 5.93. The summed E-state index contributed by atoms with van der Waals surface area (Å²) in [6.07, 6.45) is 0. The zero-order valence-electron chi connectivity index (χ0n) is 11.7. The highest BCUT2D eigenvalue weighted by Gasteiger charge is 2.29. The predicted octanol–water partition coefficient (Wildman–Crippen LogP) is 1.92. The lowest BCUT2D eigenvalue weighted by atomic mass is 10.1. The van der Waals surface area contributed by atoms with Gasteiger partial charge in [0.2, 0.25) is 0 Å². The van der Waals surface area contributed by atoms with Gasteiger partial charge in [0.1, 0.15) is 17.0 Å². The van der Waals surface area contributed by atoms with Gasteiger partial charge in [-0.25, -0.2) is 9.59 Å². The van der Waals surface area contributed by atoms with Gasteiger partial charge >= 0.3 is 11.9 Å². The first-order chi connectivity index (χ1) is 10.1. The molecule has 7 heteroatoms. The molecule has 0 N–H and O–H groups in total. The van der Waals surface area contributed by atoms with Crippen LogP contribution in [0.25, 0.3) is 11.3 Å². The van der Waals surface area contributed by atoms with Gasteiger partial charge in [0.05, 0.1) is 21.3 Å². The number of hydrogen-bond donors (Lipinski definition) is 0. The minimum absolute atomic E-state index is 0.0856. The molecule has 0 saturated carbocycles. The Morgan fingerprint density at radius 2 is 1.81 bits per heavy atom. The SMILES string of the molecule is COC(=O)c1onc(-c2cccc(OC)c2)c1C(=O)OC. The van der Waals surface area contributed by atoms with E-state index in [4.69, 9.17) is 9.26 Å². The molecule has 1 aromatic carbocycles. The molecule has 7 nitrogen and oxygen atoms in total. The maximum atomic E-state index is 11.9. The van der Waals surface area contributed by atoms with Crippen molar-refractivity contribution in [2.24, 2.45) is 0 Å². The van der Waals surface area contributed by atoms with Crippen molar-refractivity contribution >= 4 is 11.9 Å². The van der Waals surface area contributed by atoms with Crippen LogP contribution in [-0.2, 0) is 9.47 Å². The van der Waals surface area contributed by atoms with E-state index in [2.05, 4.69) is 14.6 Å². The number of aromatic nitrogens is 1. The zero-order valence-corrected chi connectivity index (χ0v) is 11.7. The van der Waals surface area contributed by atoms with E-state index in [0.29, 0.717) is 11.3 Å². The van der Waals surface area contributed by atoms with Crippen LogP contribution >= 0.6 is 0 Å². The minimum Gasteiger partial charge on any atom is -0.497 e. The second-order valence-electron chi connectivity index (χ2n) is 3.95. The number of rotatable bonds is 4.